The van der Waals surface area contributed by atoms with Crippen LogP contribution in [0, 0.1) is 5.92 Å². The molecule has 19 heteroatoms. The van der Waals surface area contributed by atoms with Crippen molar-refractivity contribution < 1.29 is 48.6 Å². The van der Waals surface area contributed by atoms with Crippen molar-refractivity contribution in [3.63, 3.8) is 0 Å². The highest BCUT2D eigenvalue weighted by molar-refractivity contribution is 5.98. The van der Waals surface area contributed by atoms with E-state index in [0.29, 0.717) is 12.0 Å². The highest BCUT2D eigenvalue weighted by Crippen LogP contribution is 2.19. The number of rotatable bonds is 21. The number of primary amides is 1. The summed E-state index contributed by atoms with van der Waals surface area (Å²) in [6.45, 7) is 4.31. The van der Waals surface area contributed by atoms with E-state index in [-0.39, 0.29) is 26.1 Å². The number of aliphatic hydroxyl groups excluding tert-OH is 1. The van der Waals surface area contributed by atoms with E-state index in [1.807, 2.05) is 0 Å². The molecule has 1 aromatic heterocycles. The molecule has 5 atom stereocenters. The van der Waals surface area contributed by atoms with Gasteiger partial charge in [0.1, 0.15) is 24.2 Å². The highest BCUT2D eigenvalue weighted by atomic mass is 16.4. The molecule has 0 spiro atoms. The van der Waals surface area contributed by atoms with E-state index in [1.54, 1.807) is 44.3 Å². The summed E-state index contributed by atoms with van der Waals surface area (Å²) >= 11 is 0. The van der Waals surface area contributed by atoms with Crippen LogP contribution in [0.4, 0.5) is 0 Å². The fraction of sp³-hybridized carbons (Fsp3) is 0.500. The minimum atomic E-state index is -1.62. The van der Waals surface area contributed by atoms with Gasteiger partial charge in [0.25, 0.3) is 0 Å². The molecule has 0 fully saturated rings. The van der Waals surface area contributed by atoms with Gasteiger partial charge in [-0.25, -0.2) is 0 Å². The molecule has 0 aliphatic carbocycles. The highest BCUT2D eigenvalue weighted by Gasteiger charge is 2.32. The molecule has 51 heavy (non-hydrogen) atoms. The first-order valence-corrected chi connectivity index (χ1v) is 16.2. The minimum absolute atomic E-state index is 0.117. The lowest BCUT2D eigenvalue weighted by atomic mass is 10.0. The number of hydrogen-bond donors (Lipinski definition) is 11. The molecule has 7 amide bonds. The molecule has 0 saturated carbocycles. The summed E-state index contributed by atoms with van der Waals surface area (Å²) in [6, 6.07) is 0.187. The Morgan fingerprint density at radius 3 is 2.08 bits per heavy atom. The van der Waals surface area contributed by atoms with Crippen molar-refractivity contribution in [1.82, 2.24) is 36.9 Å². The SMILES string of the molecule is CC(C)[C@H](NC(=O)[C@H](C)NC(=O)[C@H](CC(N)=O)NC(=O)C(Cc1c[nH]c2ccccc12)NC(=O)[C@@H](N)CC(=O)O)C(=O)NCC(=O)NCCCO. The molecule has 0 bridgehead atoms. The van der Waals surface area contributed by atoms with E-state index in [0.717, 1.165) is 10.9 Å². The molecule has 280 valence electrons. The number of aliphatic carboxylic acids is 1. The topological polar surface area (TPSA) is 317 Å². The van der Waals surface area contributed by atoms with Crippen molar-refractivity contribution >= 4 is 58.2 Å². The van der Waals surface area contributed by atoms with E-state index in [9.17, 15) is 38.4 Å². The van der Waals surface area contributed by atoms with Gasteiger partial charge in [0.2, 0.25) is 41.4 Å². The second-order valence-electron chi connectivity index (χ2n) is 12.2. The van der Waals surface area contributed by atoms with Crippen molar-refractivity contribution in [3.05, 3.63) is 36.0 Å². The van der Waals surface area contributed by atoms with Gasteiger partial charge in [-0.15, -0.1) is 0 Å². The molecule has 2 rings (SSSR count). The van der Waals surface area contributed by atoms with Crippen LogP contribution in [0.2, 0.25) is 0 Å². The summed E-state index contributed by atoms with van der Waals surface area (Å²) in [5, 5.41) is 33.2. The smallest absolute Gasteiger partial charge is 0.305 e. The first-order valence-electron chi connectivity index (χ1n) is 16.2. The summed E-state index contributed by atoms with van der Waals surface area (Å²) in [7, 11) is 0. The number of H-pyrrole nitrogens is 1. The Balaban J connectivity index is 2.17. The molecule has 13 N–H and O–H groups in total. The summed E-state index contributed by atoms with van der Waals surface area (Å²) in [5.74, 6) is -7.62. The van der Waals surface area contributed by atoms with Crippen LogP contribution in [-0.2, 0) is 44.8 Å². The van der Waals surface area contributed by atoms with Gasteiger partial charge in [-0.3, -0.25) is 38.4 Å². The predicted molar refractivity (Wildman–Crippen MR) is 182 cm³/mol. The number of hydrogen-bond acceptors (Lipinski definition) is 10. The summed E-state index contributed by atoms with van der Waals surface area (Å²) < 4.78 is 0. The van der Waals surface area contributed by atoms with Gasteiger partial charge >= 0.3 is 5.97 Å². The van der Waals surface area contributed by atoms with Gasteiger partial charge in [-0.05, 0) is 30.9 Å². The number of fused-ring (bicyclic) bond motifs is 1. The number of nitrogens with one attached hydrogen (secondary N) is 7. The second kappa shape index (κ2) is 20.2. The quantitative estimate of drug-likeness (QED) is 0.0566. The maximum absolute atomic E-state index is 13.6. The van der Waals surface area contributed by atoms with E-state index >= 15 is 0 Å². The van der Waals surface area contributed by atoms with Crippen molar-refractivity contribution in [2.45, 2.75) is 76.7 Å². The van der Waals surface area contributed by atoms with Gasteiger partial charge in [0, 0.05) is 36.7 Å². The monoisotopic (exact) mass is 717 g/mol. The number of nitrogens with two attached hydrogens (primary N) is 2. The van der Waals surface area contributed by atoms with Crippen molar-refractivity contribution in [3.8, 4) is 0 Å². The number of aromatic nitrogens is 1. The summed E-state index contributed by atoms with van der Waals surface area (Å²) in [5.41, 5.74) is 12.4. The number of aliphatic hydroxyl groups is 1. The lowest BCUT2D eigenvalue weighted by molar-refractivity contribution is -0.140. The average Bonchev–Trinajstić information content (AvgIpc) is 3.47. The van der Waals surface area contributed by atoms with Gasteiger partial charge in [0.05, 0.1) is 25.4 Å². The fourth-order valence-electron chi connectivity index (χ4n) is 4.81. The zero-order valence-electron chi connectivity index (χ0n) is 28.6. The lowest BCUT2D eigenvalue weighted by Crippen LogP contribution is -2.59. The zero-order valence-corrected chi connectivity index (χ0v) is 28.6. The number of amides is 7. The number of benzene rings is 1. The maximum atomic E-state index is 13.6. The standard InChI is InChI=1S/C32H47N9O10/c1-16(2)27(32(51)37-15-25(44)35-9-6-10-42)41-28(47)17(3)38-30(49)23(13-24(34)43)40-31(50)22(39-29(48)20(33)12-26(45)46)11-18-14-36-21-8-5-4-7-19(18)21/h4-5,7-8,14,16-17,20,22-23,27,36,42H,6,9-13,15,33H2,1-3H3,(H2,34,43)(H,35,44)(H,37,51)(H,38,49)(H,39,48)(H,40,50)(H,41,47)(H,45,46)/t17-,20-,22?,23-,27-/m0/s1. The third kappa shape index (κ3) is 13.7. The molecule has 1 unspecified atom stereocenters. The Bertz CT molecular complexity index is 1580. The van der Waals surface area contributed by atoms with Crippen LogP contribution in [0.3, 0.4) is 0 Å². The van der Waals surface area contributed by atoms with E-state index in [4.69, 9.17) is 21.7 Å². The molecule has 19 nitrogen and oxygen atoms in total. The first kappa shape index (κ1) is 41.6. The Labute approximate surface area is 293 Å². The number of carboxylic acid groups (broad SMARTS) is 1. The van der Waals surface area contributed by atoms with Crippen LogP contribution in [0.5, 0.6) is 0 Å². The van der Waals surface area contributed by atoms with Crippen molar-refractivity contribution in [2.75, 3.05) is 19.7 Å². The van der Waals surface area contributed by atoms with Crippen molar-refractivity contribution in [1.29, 1.82) is 0 Å². The molecule has 0 radical (unpaired) electrons. The minimum Gasteiger partial charge on any atom is -0.481 e. The predicted octanol–water partition coefficient (Wildman–Crippen LogP) is -3.38. The van der Waals surface area contributed by atoms with Gasteiger partial charge in [0.15, 0.2) is 0 Å². The number of carboxylic acids is 1. The van der Waals surface area contributed by atoms with Crippen molar-refractivity contribution in [2.24, 2.45) is 17.4 Å². The van der Waals surface area contributed by atoms with Gasteiger partial charge in [-0.1, -0.05) is 32.0 Å². The van der Waals surface area contributed by atoms with Crippen LogP contribution < -0.4 is 43.4 Å². The normalized spacial score (nSPS) is 13.9. The number of carbonyl (C=O) groups excluding carboxylic acids is 7. The number of aromatic amines is 1. The Morgan fingerprint density at radius 2 is 1.45 bits per heavy atom. The Kier molecular flexibility index (Phi) is 16.5. The van der Waals surface area contributed by atoms with Crippen LogP contribution >= 0.6 is 0 Å². The second-order valence-corrected chi connectivity index (χ2v) is 12.2. The Hall–Kier alpha value is -5.56. The van der Waals surface area contributed by atoms with Gasteiger partial charge in [-0.2, -0.15) is 0 Å². The lowest BCUT2D eigenvalue weighted by Gasteiger charge is -2.26. The third-order valence-electron chi connectivity index (χ3n) is 7.58. The van der Waals surface area contributed by atoms with E-state index in [2.05, 4.69) is 36.9 Å². The molecule has 1 heterocycles. The van der Waals surface area contributed by atoms with Crippen LogP contribution in [0.25, 0.3) is 10.9 Å². The Morgan fingerprint density at radius 1 is 0.804 bits per heavy atom. The van der Waals surface area contributed by atoms with E-state index in [1.165, 1.54) is 6.92 Å². The zero-order chi connectivity index (χ0) is 38.2. The molecule has 0 aliphatic heterocycles. The average molecular weight is 718 g/mol. The maximum Gasteiger partial charge on any atom is 0.305 e. The number of carbonyl (C=O) groups is 8. The first-order chi connectivity index (χ1) is 24.0. The molecular weight excluding hydrogens is 670 g/mol. The van der Waals surface area contributed by atoms with Crippen LogP contribution in [0.1, 0.15) is 45.6 Å². The molecule has 0 aliphatic rings. The molecule has 1 aromatic carbocycles. The fourth-order valence-corrected chi connectivity index (χ4v) is 4.81. The van der Waals surface area contributed by atoms with Crippen LogP contribution in [0.15, 0.2) is 30.5 Å². The van der Waals surface area contributed by atoms with Gasteiger partial charge < -0.3 is 58.6 Å². The molecule has 0 saturated heterocycles. The van der Waals surface area contributed by atoms with E-state index < -0.39 is 96.3 Å². The molecule has 2 aromatic rings. The molecular formula is C32H47N9O10. The summed E-state index contributed by atoms with van der Waals surface area (Å²) in [6.07, 6.45) is 0.397. The summed E-state index contributed by atoms with van der Waals surface area (Å²) in [4.78, 5) is 103. The largest absolute Gasteiger partial charge is 0.481 e. The third-order valence-corrected chi connectivity index (χ3v) is 7.58. The number of para-hydroxylation sites is 1. The van der Waals surface area contributed by atoms with Crippen LogP contribution in [-0.4, -0.2) is 112 Å².